The number of hydrogen-bond donors (Lipinski definition) is 0. The van der Waals surface area contributed by atoms with Crippen molar-refractivity contribution < 1.29 is 4.79 Å². The molecule has 1 fully saturated rings. The van der Waals surface area contributed by atoms with Gasteiger partial charge in [-0.25, -0.2) is 0 Å². The first-order chi connectivity index (χ1) is 9.05. The van der Waals surface area contributed by atoms with Gasteiger partial charge in [-0.05, 0) is 45.1 Å². The average Bonchev–Trinajstić information content (AvgIpc) is 3.22. The van der Waals surface area contributed by atoms with Crippen molar-refractivity contribution in [2.45, 2.75) is 45.1 Å². The summed E-state index contributed by atoms with van der Waals surface area (Å²) in [4.78, 5) is 14.1. The van der Waals surface area contributed by atoms with Crippen molar-refractivity contribution in [3.05, 3.63) is 35.9 Å². The van der Waals surface area contributed by atoms with Crippen molar-refractivity contribution in [1.82, 2.24) is 4.90 Å². The van der Waals surface area contributed by atoms with E-state index in [4.69, 9.17) is 0 Å². The Morgan fingerprint density at radius 2 is 1.95 bits per heavy atom. The molecule has 2 nitrogen and oxygen atoms in total. The summed E-state index contributed by atoms with van der Waals surface area (Å²) in [6, 6.07) is 10.6. The number of aldehydes is 1. The fraction of sp³-hybridized carbons (Fsp3) is 0.588. The largest absolute Gasteiger partial charge is 0.302 e. The molecule has 2 rings (SSSR count). The molecule has 1 saturated carbocycles. The summed E-state index contributed by atoms with van der Waals surface area (Å²) >= 11 is 0. The van der Waals surface area contributed by atoms with Gasteiger partial charge >= 0.3 is 0 Å². The van der Waals surface area contributed by atoms with Crippen LogP contribution in [0.5, 0.6) is 0 Å². The van der Waals surface area contributed by atoms with Gasteiger partial charge < -0.3 is 4.79 Å². The quantitative estimate of drug-likeness (QED) is 0.700. The Morgan fingerprint density at radius 1 is 1.32 bits per heavy atom. The molecular formula is C17H25NO. The Balaban J connectivity index is 2.13. The second kappa shape index (κ2) is 5.87. The maximum atomic E-state index is 11.7. The zero-order valence-electron chi connectivity index (χ0n) is 12.3. The summed E-state index contributed by atoms with van der Waals surface area (Å²) in [6.07, 6.45) is 3.82. The summed E-state index contributed by atoms with van der Waals surface area (Å²) < 4.78 is 0. The minimum Gasteiger partial charge on any atom is -0.302 e. The van der Waals surface area contributed by atoms with Gasteiger partial charge in [0, 0.05) is 19.1 Å². The van der Waals surface area contributed by atoms with Gasteiger partial charge in [0.1, 0.15) is 6.29 Å². The first-order valence-electron chi connectivity index (χ1n) is 7.31. The number of carbonyl (C=O) groups excluding carboxylic acids is 1. The van der Waals surface area contributed by atoms with E-state index in [1.54, 1.807) is 0 Å². The summed E-state index contributed by atoms with van der Waals surface area (Å²) in [5.74, 6) is 0.856. The Morgan fingerprint density at radius 3 is 2.42 bits per heavy atom. The zero-order valence-corrected chi connectivity index (χ0v) is 12.3. The van der Waals surface area contributed by atoms with Crippen LogP contribution in [-0.4, -0.2) is 30.3 Å². The van der Waals surface area contributed by atoms with Crippen molar-refractivity contribution >= 4 is 6.29 Å². The van der Waals surface area contributed by atoms with E-state index in [9.17, 15) is 4.79 Å². The van der Waals surface area contributed by atoms with Gasteiger partial charge in [-0.3, -0.25) is 4.90 Å². The number of benzene rings is 1. The monoisotopic (exact) mass is 259 g/mol. The Hall–Kier alpha value is -1.15. The van der Waals surface area contributed by atoms with Crippen LogP contribution in [-0.2, 0) is 10.2 Å². The first kappa shape index (κ1) is 14.3. The second-order valence-electron chi connectivity index (χ2n) is 6.37. The molecule has 1 unspecified atom stereocenters. The van der Waals surface area contributed by atoms with Gasteiger partial charge in [0.05, 0.1) is 5.41 Å². The standard InChI is InChI=1S/C17H25NO/c1-14(2)18(11-15-9-10-15)12-17(3,13-19)16-7-5-4-6-8-16/h4-8,13-15H,9-12H2,1-3H3. The highest BCUT2D eigenvalue weighted by Crippen LogP contribution is 2.32. The highest BCUT2D eigenvalue weighted by Gasteiger charge is 2.32. The Labute approximate surface area is 116 Å². The molecule has 1 aliphatic rings. The van der Waals surface area contributed by atoms with Crippen molar-refractivity contribution in [3.63, 3.8) is 0 Å². The molecule has 0 spiro atoms. The predicted molar refractivity (Wildman–Crippen MR) is 79.3 cm³/mol. The van der Waals surface area contributed by atoms with E-state index in [2.05, 4.69) is 37.8 Å². The lowest BCUT2D eigenvalue weighted by atomic mass is 9.83. The van der Waals surface area contributed by atoms with Crippen molar-refractivity contribution in [1.29, 1.82) is 0 Å². The molecule has 0 aromatic heterocycles. The summed E-state index contributed by atoms with van der Waals surface area (Å²) in [7, 11) is 0. The van der Waals surface area contributed by atoms with Gasteiger partial charge in [0.25, 0.3) is 0 Å². The smallest absolute Gasteiger partial charge is 0.131 e. The average molecular weight is 259 g/mol. The first-order valence-corrected chi connectivity index (χ1v) is 7.31. The van der Waals surface area contributed by atoms with Crippen LogP contribution in [0.4, 0.5) is 0 Å². The molecule has 1 aromatic carbocycles. The molecule has 0 N–H and O–H groups in total. The molecule has 0 saturated heterocycles. The van der Waals surface area contributed by atoms with E-state index in [0.29, 0.717) is 6.04 Å². The second-order valence-corrected chi connectivity index (χ2v) is 6.37. The molecule has 0 radical (unpaired) electrons. The fourth-order valence-corrected chi connectivity index (χ4v) is 2.53. The molecule has 0 bridgehead atoms. The topological polar surface area (TPSA) is 20.3 Å². The highest BCUT2D eigenvalue weighted by atomic mass is 16.1. The third-order valence-corrected chi connectivity index (χ3v) is 4.14. The zero-order chi connectivity index (χ0) is 13.9. The van der Waals surface area contributed by atoms with Crippen LogP contribution in [0, 0.1) is 5.92 Å². The van der Waals surface area contributed by atoms with Crippen LogP contribution >= 0.6 is 0 Å². The van der Waals surface area contributed by atoms with Crippen LogP contribution in [0.2, 0.25) is 0 Å². The fourth-order valence-electron chi connectivity index (χ4n) is 2.53. The molecule has 0 amide bonds. The summed E-state index contributed by atoms with van der Waals surface area (Å²) in [5.41, 5.74) is 0.715. The van der Waals surface area contributed by atoms with E-state index in [1.165, 1.54) is 12.8 Å². The minimum absolute atomic E-state index is 0.402. The molecule has 2 heteroatoms. The van der Waals surface area contributed by atoms with E-state index in [0.717, 1.165) is 30.9 Å². The van der Waals surface area contributed by atoms with E-state index in [1.807, 2.05) is 18.2 Å². The molecule has 104 valence electrons. The minimum atomic E-state index is -0.402. The Kier molecular flexibility index (Phi) is 4.41. The summed E-state index contributed by atoms with van der Waals surface area (Å²) in [5, 5.41) is 0. The van der Waals surface area contributed by atoms with Crippen LogP contribution in [0.15, 0.2) is 30.3 Å². The summed E-state index contributed by atoms with van der Waals surface area (Å²) in [6.45, 7) is 8.44. The molecule has 19 heavy (non-hydrogen) atoms. The van der Waals surface area contributed by atoms with Gasteiger partial charge in [0.15, 0.2) is 0 Å². The third-order valence-electron chi connectivity index (χ3n) is 4.14. The number of carbonyl (C=O) groups is 1. The SMILES string of the molecule is CC(C)N(CC1CC1)CC(C)(C=O)c1ccccc1. The molecule has 1 atom stereocenters. The predicted octanol–water partition coefficient (Wildman–Crippen LogP) is 3.26. The molecule has 0 heterocycles. The number of hydrogen-bond acceptors (Lipinski definition) is 2. The van der Waals surface area contributed by atoms with Crippen molar-refractivity contribution in [2.75, 3.05) is 13.1 Å². The molecular weight excluding hydrogens is 234 g/mol. The van der Waals surface area contributed by atoms with Gasteiger partial charge in [-0.1, -0.05) is 30.3 Å². The number of nitrogens with zero attached hydrogens (tertiary/aromatic N) is 1. The van der Waals surface area contributed by atoms with Gasteiger partial charge in [-0.15, -0.1) is 0 Å². The van der Waals surface area contributed by atoms with E-state index in [-0.39, 0.29) is 0 Å². The van der Waals surface area contributed by atoms with Gasteiger partial charge in [-0.2, -0.15) is 0 Å². The molecule has 1 aliphatic carbocycles. The van der Waals surface area contributed by atoms with Crippen LogP contribution < -0.4 is 0 Å². The Bertz CT molecular complexity index is 411. The van der Waals surface area contributed by atoms with Gasteiger partial charge in [0.2, 0.25) is 0 Å². The van der Waals surface area contributed by atoms with E-state index < -0.39 is 5.41 Å². The maximum absolute atomic E-state index is 11.7. The van der Waals surface area contributed by atoms with Crippen LogP contribution in [0.1, 0.15) is 39.2 Å². The van der Waals surface area contributed by atoms with Crippen molar-refractivity contribution in [3.8, 4) is 0 Å². The van der Waals surface area contributed by atoms with Crippen molar-refractivity contribution in [2.24, 2.45) is 5.92 Å². The van der Waals surface area contributed by atoms with Crippen LogP contribution in [0.3, 0.4) is 0 Å². The molecule has 1 aromatic rings. The third kappa shape index (κ3) is 3.66. The lowest BCUT2D eigenvalue weighted by Gasteiger charge is -2.34. The molecule has 0 aliphatic heterocycles. The maximum Gasteiger partial charge on any atom is 0.131 e. The highest BCUT2D eigenvalue weighted by molar-refractivity contribution is 5.68. The van der Waals surface area contributed by atoms with E-state index >= 15 is 0 Å². The lowest BCUT2D eigenvalue weighted by Crippen LogP contribution is -2.44. The van der Waals surface area contributed by atoms with Crippen LogP contribution in [0.25, 0.3) is 0 Å². The normalized spacial score (nSPS) is 18.6. The lowest BCUT2D eigenvalue weighted by molar-refractivity contribution is -0.113. The number of rotatable bonds is 7.